The molecule has 164 valence electrons. The zero-order chi connectivity index (χ0) is 22.9. The molecule has 3 rings (SSSR count). The summed E-state index contributed by atoms with van der Waals surface area (Å²) < 4.78 is 39.4. The molecule has 1 aliphatic carbocycles. The van der Waals surface area contributed by atoms with E-state index in [4.69, 9.17) is 0 Å². The molecule has 0 heterocycles. The van der Waals surface area contributed by atoms with Gasteiger partial charge in [0.2, 0.25) is 0 Å². The van der Waals surface area contributed by atoms with Gasteiger partial charge in [0.1, 0.15) is 17.5 Å². The van der Waals surface area contributed by atoms with Crippen molar-refractivity contribution in [3.05, 3.63) is 69.8 Å². The van der Waals surface area contributed by atoms with Gasteiger partial charge in [-0.3, -0.25) is 14.4 Å². The molecule has 0 saturated heterocycles. The summed E-state index contributed by atoms with van der Waals surface area (Å²) in [4.78, 5) is 38.1. The first-order valence-corrected chi connectivity index (χ1v) is 10.3. The van der Waals surface area contributed by atoms with Crippen LogP contribution in [-0.2, 0) is 27.0 Å². The van der Waals surface area contributed by atoms with Crippen LogP contribution in [0.5, 0.6) is 0 Å². The van der Waals surface area contributed by atoms with E-state index in [0.29, 0.717) is 0 Å². The average molecular weight is 430 g/mol. The first kappa shape index (κ1) is 22.9. The van der Waals surface area contributed by atoms with Crippen molar-refractivity contribution in [1.82, 2.24) is 0 Å². The van der Waals surface area contributed by atoms with E-state index in [-0.39, 0.29) is 48.6 Å². The first-order chi connectivity index (χ1) is 14.5. The van der Waals surface area contributed by atoms with E-state index >= 15 is 0 Å². The molecule has 2 aromatic carbocycles. The lowest BCUT2D eigenvalue weighted by atomic mass is 9.86. The summed E-state index contributed by atoms with van der Waals surface area (Å²) in [6.07, 6.45) is -4.74. The highest BCUT2D eigenvalue weighted by Crippen LogP contribution is 2.38. The Labute approximate surface area is 179 Å². The third kappa shape index (κ3) is 4.94. The number of aryl methyl sites for hydroxylation is 4. The Morgan fingerprint density at radius 1 is 1.03 bits per heavy atom. The van der Waals surface area contributed by atoms with Crippen molar-refractivity contribution in [1.29, 1.82) is 0 Å². The molecule has 0 amide bonds. The Hall–Kier alpha value is -2.76. The number of carbonyl (C=O) groups excluding carboxylic acids is 3. The number of halogens is 3. The normalized spacial score (nSPS) is 19.2. The van der Waals surface area contributed by atoms with Gasteiger partial charge in [0.15, 0.2) is 5.78 Å². The van der Waals surface area contributed by atoms with Crippen LogP contribution in [0.25, 0.3) is 0 Å². The Morgan fingerprint density at radius 3 is 2.26 bits per heavy atom. The average Bonchev–Trinajstić information content (AvgIpc) is 2.93. The molecule has 0 aromatic heterocycles. The Kier molecular flexibility index (Phi) is 6.48. The van der Waals surface area contributed by atoms with Crippen molar-refractivity contribution < 1.29 is 27.6 Å². The maximum atomic E-state index is 13.1. The van der Waals surface area contributed by atoms with Crippen molar-refractivity contribution in [2.24, 2.45) is 5.92 Å². The summed E-state index contributed by atoms with van der Waals surface area (Å²) in [5.41, 5.74) is 2.82. The second-order valence-corrected chi connectivity index (χ2v) is 8.41. The molecule has 0 N–H and O–H groups in total. The molecular weight excluding hydrogens is 405 g/mol. The third-order valence-electron chi connectivity index (χ3n) is 5.95. The number of benzene rings is 2. The van der Waals surface area contributed by atoms with Crippen LogP contribution in [0.15, 0.2) is 36.4 Å². The van der Waals surface area contributed by atoms with Gasteiger partial charge in [-0.1, -0.05) is 35.9 Å². The fourth-order valence-electron chi connectivity index (χ4n) is 4.64. The molecule has 1 saturated carbocycles. The van der Waals surface area contributed by atoms with Gasteiger partial charge >= 0.3 is 6.18 Å². The van der Waals surface area contributed by atoms with Crippen molar-refractivity contribution >= 4 is 17.3 Å². The standard InChI is InChI=1S/C25H25F3O3/c1-14-10-15(2)22(16(3)11-14)23-21(30)13-18(24(23)31)12-19(29)9-8-17-6-4-5-7-20(17)25(26,27)28/h4-7,10-11,18,23H,8-9,12-13H2,1-3H3. The lowest BCUT2D eigenvalue weighted by Gasteiger charge is -2.16. The molecule has 3 nitrogen and oxygen atoms in total. The number of alkyl halides is 3. The minimum absolute atomic E-state index is 0.00113. The van der Waals surface area contributed by atoms with Crippen LogP contribution in [0, 0.1) is 26.7 Å². The smallest absolute Gasteiger partial charge is 0.300 e. The maximum Gasteiger partial charge on any atom is 0.416 e. The van der Waals surface area contributed by atoms with E-state index < -0.39 is 23.6 Å². The molecule has 6 heteroatoms. The van der Waals surface area contributed by atoms with Crippen molar-refractivity contribution in [2.75, 3.05) is 0 Å². The van der Waals surface area contributed by atoms with Crippen LogP contribution in [0.1, 0.15) is 58.6 Å². The van der Waals surface area contributed by atoms with E-state index in [0.717, 1.165) is 28.3 Å². The molecule has 0 radical (unpaired) electrons. The van der Waals surface area contributed by atoms with Gasteiger partial charge < -0.3 is 0 Å². The quantitative estimate of drug-likeness (QED) is 0.572. The molecule has 1 fully saturated rings. The van der Waals surface area contributed by atoms with Crippen LogP contribution >= 0.6 is 0 Å². The number of Topliss-reactive ketones (excluding diaryl/α,β-unsaturated/α-hetero) is 3. The summed E-state index contributed by atoms with van der Waals surface area (Å²) in [7, 11) is 0. The van der Waals surface area contributed by atoms with Crippen LogP contribution in [0.3, 0.4) is 0 Å². The fourth-order valence-corrected chi connectivity index (χ4v) is 4.64. The minimum Gasteiger partial charge on any atom is -0.300 e. The minimum atomic E-state index is -4.48. The molecule has 2 unspecified atom stereocenters. The van der Waals surface area contributed by atoms with E-state index in [1.54, 1.807) is 0 Å². The SMILES string of the molecule is Cc1cc(C)c(C2C(=O)CC(CC(=O)CCc3ccccc3C(F)(F)F)C2=O)c(C)c1. The number of rotatable bonds is 6. The highest BCUT2D eigenvalue weighted by Gasteiger charge is 2.43. The van der Waals surface area contributed by atoms with Gasteiger partial charge in [0.05, 0.1) is 5.56 Å². The number of hydrogen-bond donors (Lipinski definition) is 0. The second-order valence-electron chi connectivity index (χ2n) is 8.41. The number of carbonyl (C=O) groups is 3. The third-order valence-corrected chi connectivity index (χ3v) is 5.95. The van der Waals surface area contributed by atoms with Crippen LogP contribution in [-0.4, -0.2) is 17.3 Å². The largest absolute Gasteiger partial charge is 0.416 e. The topological polar surface area (TPSA) is 51.2 Å². The summed E-state index contributed by atoms with van der Waals surface area (Å²) >= 11 is 0. The van der Waals surface area contributed by atoms with Crippen LogP contribution < -0.4 is 0 Å². The number of hydrogen-bond acceptors (Lipinski definition) is 3. The van der Waals surface area contributed by atoms with Crippen molar-refractivity contribution in [3.8, 4) is 0 Å². The van der Waals surface area contributed by atoms with Gasteiger partial charge in [0, 0.05) is 25.2 Å². The number of ketones is 3. The zero-order valence-electron chi connectivity index (χ0n) is 17.8. The van der Waals surface area contributed by atoms with E-state index in [2.05, 4.69) is 0 Å². The van der Waals surface area contributed by atoms with Crippen molar-refractivity contribution in [2.45, 2.75) is 58.5 Å². The predicted octanol–water partition coefficient (Wildman–Crippen LogP) is 5.46. The van der Waals surface area contributed by atoms with E-state index in [1.807, 2.05) is 32.9 Å². The Morgan fingerprint density at radius 2 is 1.65 bits per heavy atom. The molecule has 0 bridgehead atoms. The summed E-state index contributed by atoms with van der Waals surface area (Å²) in [6, 6.07) is 9.03. The lowest BCUT2D eigenvalue weighted by Crippen LogP contribution is -2.19. The molecule has 2 atom stereocenters. The van der Waals surface area contributed by atoms with Gasteiger partial charge in [-0.25, -0.2) is 0 Å². The first-order valence-electron chi connectivity index (χ1n) is 10.3. The highest BCUT2D eigenvalue weighted by atomic mass is 19.4. The second kappa shape index (κ2) is 8.77. The van der Waals surface area contributed by atoms with Gasteiger partial charge in [-0.15, -0.1) is 0 Å². The van der Waals surface area contributed by atoms with Crippen molar-refractivity contribution in [3.63, 3.8) is 0 Å². The van der Waals surface area contributed by atoms with Crippen LogP contribution in [0.4, 0.5) is 13.2 Å². The van der Waals surface area contributed by atoms with Crippen LogP contribution in [0.2, 0.25) is 0 Å². The lowest BCUT2D eigenvalue weighted by molar-refractivity contribution is -0.138. The molecule has 0 aliphatic heterocycles. The van der Waals surface area contributed by atoms with Gasteiger partial charge in [-0.05, 0) is 55.5 Å². The summed E-state index contributed by atoms with van der Waals surface area (Å²) in [5, 5.41) is 0. The molecule has 0 spiro atoms. The summed E-state index contributed by atoms with van der Waals surface area (Å²) in [5.74, 6) is -2.32. The Balaban J connectivity index is 1.69. The molecule has 2 aromatic rings. The Bertz CT molecular complexity index is 1010. The van der Waals surface area contributed by atoms with Gasteiger partial charge in [-0.2, -0.15) is 13.2 Å². The highest BCUT2D eigenvalue weighted by molar-refractivity contribution is 6.15. The maximum absolute atomic E-state index is 13.1. The van der Waals surface area contributed by atoms with E-state index in [1.165, 1.54) is 18.2 Å². The molecular formula is C25H25F3O3. The monoisotopic (exact) mass is 430 g/mol. The zero-order valence-corrected chi connectivity index (χ0v) is 17.8. The van der Waals surface area contributed by atoms with E-state index in [9.17, 15) is 27.6 Å². The van der Waals surface area contributed by atoms with Gasteiger partial charge in [0.25, 0.3) is 0 Å². The molecule has 1 aliphatic rings. The molecule has 31 heavy (non-hydrogen) atoms. The summed E-state index contributed by atoms with van der Waals surface area (Å²) in [6.45, 7) is 5.68. The fraction of sp³-hybridized carbons (Fsp3) is 0.400. The predicted molar refractivity (Wildman–Crippen MR) is 111 cm³/mol.